The lowest BCUT2D eigenvalue weighted by molar-refractivity contribution is -0.122. The summed E-state index contributed by atoms with van der Waals surface area (Å²) in [5.41, 5.74) is 6.70. The highest BCUT2D eigenvalue weighted by Crippen LogP contribution is 2.53. The number of carbonyl (C=O) groups excluding carboxylic acids is 3. The average Bonchev–Trinajstić information content (AvgIpc) is 3.70. The summed E-state index contributed by atoms with van der Waals surface area (Å²) in [6.45, 7) is 5.83. The minimum absolute atomic E-state index is 0.222. The summed E-state index contributed by atoms with van der Waals surface area (Å²) < 4.78 is 6.53. The molecule has 2 saturated heterocycles. The van der Waals surface area contributed by atoms with Crippen LogP contribution in [-0.4, -0.2) is 29.7 Å². The van der Waals surface area contributed by atoms with Gasteiger partial charge in [-0.15, -0.1) is 0 Å². The van der Waals surface area contributed by atoms with E-state index < -0.39 is 23.9 Å². The number of fused-ring (bicyclic) bond motifs is 7. The Balaban J connectivity index is 1.34. The average molecular weight is 613 g/mol. The number of nitrogens with zero attached hydrogens (tertiary/aromatic N) is 2. The molecule has 4 aromatic carbocycles. The lowest BCUT2D eigenvalue weighted by Gasteiger charge is -2.37. The highest BCUT2D eigenvalue weighted by atomic mass is 35.5. The van der Waals surface area contributed by atoms with Crippen molar-refractivity contribution in [2.75, 3.05) is 9.80 Å². The third-order valence-electron chi connectivity index (χ3n) is 9.70. The van der Waals surface area contributed by atoms with Crippen molar-refractivity contribution in [2.45, 2.75) is 32.9 Å². The van der Waals surface area contributed by atoms with E-state index in [-0.39, 0.29) is 17.6 Å². The Morgan fingerprint density at radius 1 is 0.844 bits per heavy atom. The van der Waals surface area contributed by atoms with E-state index in [1.807, 2.05) is 105 Å². The Hall–Kier alpha value is -4.94. The zero-order chi connectivity index (χ0) is 31.1. The van der Waals surface area contributed by atoms with Crippen LogP contribution in [0.15, 0.2) is 95.4 Å². The largest absolute Gasteiger partial charge is 0.454 e. The van der Waals surface area contributed by atoms with Gasteiger partial charge in [0, 0.05) is 22.1 Å². The van der Waals surface area contributed by atoms with E-state index in [0.717, 1.165) is 27.6 Å². The molecule has 4 atom stereocenters. The predicted octanol–water partition coefficient (Wildman–Crippen LogP) is 7.95. The summed E-state index contributed by atoms with van der Waals surface area (Å²) in [7, 11) is 0. The third kappa shape index (κ3) is 3.98. The Kier molecular flexibility index (Phi) is 6.16. The smallest absolute Gasteiger partial charge is 0.240 e. The summed E-state index contributed by atoms with van der Waals surface area (Å²) in [6, 6.07) is 25.0. The third-order valence-corrected chi connectivity index (χ3v) is 10.0. The Bertz CT molecular complexity index is 2100. The second-order valence-electron chi connectivity index (χ2n) is 12.2. The molecule has 222 valence electrons. The molecule has 0 spiro atoms. The summed E-state index contributed by atoms with van der Waals surface area (Å²) in [4.78, 5) is 46.7. The van der Waals surface area contributed by atoms with Gasteiger partial charge in [-0.1, -0.05) is 96.0 Å². The van der Waals surface area contributed by atoms with E-state index >= 15 is 0 Å². The number of Topliss-reactive ketones (excluding diaryl/α,β-unsaturated/α-hetero) is 1. The van der Waals surface area contributed by atoms with E-state index in [1.165, 1.54) is 4.90 Å². The van der Waals surface area contributed by atoms with Crippen molar-refractivity contribution < 1.29 is 18.8 Å². The highest BCUT2D eigenvalue weighted by molar-refractivity contribution is 6.34. The fourth-order valence-corrected chi connectivity index (χ4v) is 7.60. The van der Waals surface area contributed by atoms with Crippen LogP contribution in [0.25, 0.3) is 28.4 Å². The first-order valence-corrected chi connectivity index (χ1v) is 15.5. The van der Waals surface area contributed by atoms with Crippen LogP contribution in [0.1, 0.15) is 32.6 Å². The summed E-state index contributed by atoms with van der Waals surface area (Å²) in [5.74, 6) is -1.89. The molecule has 0 aliphatic carbocycles. The summed E-state index contributed by atoms with van der Waals surface area (Å²) in [5, 5.41) is 1.28. The van der Waals surface area contributed by atoms with Crippen molar-refractivity contribution in [1.29, 1.82) is 0 Å². The molecule has 0 radical (unpaired) electrons. The molecule has 3 aliphatic heterocycles. The molecule has 7 heteroatoms. The number of anilines is 2. The maximum atomic E-state index is 14.6. The first kappa shape index (κ1) is 27.6. The normalized spacial score (nSPS) is 21.8. The van der Waals surface area contributed by atoms with Crippen molar-refractivity contribution in [2.24, 2.45) is 11.8 Å². The number of carbonyl (C=O) groups is 3. The van der Waals surface area contributed by atoms with Crippen LogP contribution in [0.5, 0.6) is 0 Å². The molecule has 2 amide bonds. The van der Waals surface area contributed by atoms with E-state index in [9.17, 15) is 14.4 Å². The van der Waals surface area contributed by atoms with E-state index in [0.29, 0.717) is 38.9 Å². The van der Waals surface area contributed by atoms with E-state index in [4.69, 9.17) is 16.0 Å². The minimum atomic E-state index is -0.954. The van der Waals surface area contributed by atoms with Crippen molar-refractivity contribution in [1.82, 2.24) is 0 Å². The van der Waals surface area contributed by atoms with Gasteiger partial charge in [-0.3, -0.25) is 14.4 Å². The van der Waals surface area contributed by atoms with Crippen molar-refractivity contribution in [3.05, 3.63) is 124 Å². The number of benzene rings is 4. The van der Waals surface area contributed by atoms with Crippen molar-refractivity contribution in [3.8, 4) is 11.3 Å². The molecule has 0 bridgehead atoms. The lowest BCUT2D eigenvalue weighted by Crippen LogP contribution is -2.49. The van der Waals surface area contributed by atoms with Crippen molar-refractivity contribution in [3.63, 3.8) is 0 Å². The zero-order valence-electron chi connectivity index (χ0n) is 25.0. The van der Waals surface area contributed by atoms with Crippen LogP contribution in [0.3, 0.4) is 0 Å². The van der Waals surface area contributed by atoms with Gasteiger partial charge < -0.3 is 9.32 Å². The standard InChI is InChI=1S/C38H29ClN2O4/c1-20-12-14-24(15-13-20)35(42)34-32-31(37(43)41(38(32)44)28-11-7-8-21(2)22(28)3)29-17-16-26-27(39)18-25-19-30(23-9-5-4-6-10-23)45-36(25)33(26)40(29)34/h4-19,29,31-32,34H,1-3H3. The SMILES string of the molecule is Cc1ccc(C(=O)C2C3C(=O)N(c4cccc(C)c4C)C(=O)C3C3C=Cc4c(Cl)cc5cc(-c6ccccc6)oc5c4N32)cc1. The predicted molar refractivity (Wildman–Crippen MR) is 177 cm³/mol. The lowest BCUT2D eigenvalue weighted by atomic mass is 9.86. The van der Waals surface area contributed by atoms with Crippen LogP contribution in [0.2, 0.25) is 5.02 Å². The number of halogens is 1. The monoisotopic (exact) mass is 612 g/mol. The summed E-state index contributed by atoms with van der Waals surface area (Å²) in [6.07, 6.45) is 3.82. The molecular weight excluding hydrogens is 584 g/mol. The maximum absolute atomic E-state index is 14.6. The summed E-state index contributed by atoms with van der Waals surface area (Å²) >= 11 is 6.90. The van der Waals surface area contributed by atoms with Crippen LogP contribution in [-0.2, 0) is 9.59 Å². The van der Waals surface area contributed by atoms with Crippen LogP contribution >= 0.6 is 11.6 Å². The van der Waals surface area contributed by atoms with Crippen LogP contribution in [0.4, 0.5) is 11.4 Å². The highest BCUT2D eigenvalue weighted by Gasteiger charge is 2.65. The van der Waals surface area contributed by atoms with E-state index in [1.54, 1.807) is 18.2 Å². The Morgan fingerprint density at radius 3 is 2.33 bits per heavy atom. The number of ketones is 1. The molecule has 6 nitrogen and oxygen atoms in total. The van der Waals surface area contributed by atoms with Gasteiger partial charge in [0.2, 0.25) is 11.8 Å². The van der Waals surface area contributed by atoms with Gasteiger partial charge in [0.1, 0.15) is 11.8 Å². The zero-order valence-corrected chi connectivity index (χ0v) is 25.7. The van der Waals surface area contributed by atoms with E-state index in [2.05, 4.69) is 0 Å². The number of aryl methyl sites for hydroxylation is 2. The first-order valence-electron chi connectivity index (χ1n) is 15.1. The number of rotatable bonds is 4. The van der Waals surface area contributed by atoms with Crippen LogP contribution < -0.4 is 9.80 Å². The first-order chi connectivity index (χ1) is 21.7. The fraction of sp³-hybridized carbons (Fsp3) is 0.184. The second kappa shape index (κ2) is 10.0. The number of hydrogen-bond donors (Lipinski definition) is 0. The molecule has 1 aromatic heterocycles. The van der Waals surface area contributed by atoms with Gasteiger partial charge in [-0.25, -0.2) is 4.90 Å². The second-order valence-corrected chi connectivity index (χ2v) is 12.6. The molecule has 0 saturated carbocycles. The van der Waals surface area contributed by atoms with Gasteiger partial charge in [0.15, 0.2) is 11.4 Å². The number of furan rings is 1. The van der Waals surface area contributed by atoms with Gasteiger partial charge in [-0.05, 0) is 50.1 Å². The molecule has 4 unspecified atom stereocenters. The van der Waals surface area contributed by atoms with Gasteiger partial charge in [0.25, 0.3) is 0 Å². The molecule has 45 heavy (non-hydrogen) atoms. The molecule has 5 aromatic rings. The van der Waals surface area contributed by atoms with Gasteiger partial charge in [0.05, 0.1) is 34.3 Å². The molecular formula is C38H29ClN2O4. The molecule has 4 heterocycles. The fourth-order valence-electron chi connectivity index (χ4n) is 7.33. The number of hydrogen-bond acceptors (Lipinski definition) is 5. The quantitative estimate of drug-likeness (QED) is 0.152. The Labute approximate surface area is 265 Å². The van der Waals surface area contributed by atoms with Gasteiger partial charge >= 0.3 is 0 Å². The van der Waals surface area contributed by atoms with Crippen LogP contribution in [0, 0.1) is 32.6 Å². The topological polar surface area (TPSA) is 70.8 Å². The maximum Gasteiger partial charge on any atom is 0.240 e. The Morgan fingerprint density at radius 2 is 1.58 bits per heavy atom. The van der Waals surface area contributed by atoms with Crippen molar-refractivity contribution >= 4 is 57.6 Å². The molecule has 3 aliphatic rings. The van der Waals surface area contributed by atoms with Gasteiger partial charge in [-0.2, -0.15) is 0 Å². The minimum Gasteiger partial charge on any atom is -0.454 e. The number of amides is 2. The molecule has 8 rings (SSSR count). The number of imide groups is 1. The molecule has 0 N–H and O–H groups in total. The molecule has 2 fully saturated rings.